The fraction of sp³-hybridized carbons (Fsp3) is 0.238. The van der Waals surface area contributed by atoms with E-state index in [4.69, 9.17) is 23.2 Å². The molecule has 162 valence electrons. The van der Waals surface area contributed by atoms with Gasteiger partial charge in [0.05, 0.1) is 12.2 Å². The van der Waals surface area contributed by atoms with Crippen LogP contribution in [0.4, 0.5) is 11.4 Å². The molecule has 0 fully saturated rings. The third kappa shape index (κ3) is 6.46. The van der Waals surface area contributed by atoms with Gasteiger partial charge in [-0.3, -0.25) is 9.59 Å². The highest BCUT2D eigenvalue weighted by molar-refractivity contribution is 7.99. The summed E-state index contributed by atoms with van der Waals surface area (Å²) < 4.78 is 1.70. The van der Waals surface area contributed by atoms with Crippen molar-refractivity contribution in [1.82, 2.24) is 14.8 Å². The summed E-state index contributed by atoms with van der Waals surface area (Å²) in [6.07, 6.45) is 0.0736. The number of hydrogen-bond acceptors (Lipinski definition) is 5. The minimum absolute atomic E-state index is 0.0736. The van der Waals surface area contributed by atoms with Crippen molar-refractivity contribution in [1.29, 1.82) is 0 Å². The van der Waals surface area contributed by atoms with E-state index < -0.39 is 0 Å². The molecule has 0 saturated heterocycles. The summed E-state index contributed by atoms with van der Waals surface area (Å²) in [6, 6.07) is 10.6. The predicted octanol–water partition coefficient (Wildman–Crippen LogP) is 4.65. The number of nitrogens with one attached hydrogen (secondary N) is 2. The second kappa shape index (κ2) is 10.2. The van der Waals surface area contributed by atoms with Crippen molar-refractivity contribution in [2.45, 2.75) is 25.4 Å². The molecule has 0 atom stereocenters. The lowest BCUT2D eigenvalue weighted by Gasteiger charge is -2.08. The molecule has 10 heteroatoms. The van der Waals surface area contributed by atoms with Gasteiger partial charge in [-0.1, -0.05) is 41.0 Å². The zero-order valence-corrected chi connectivity index (χ0v) is 19.5. The molecule has 0 bridgehead atoms. The smallest absolute Gasteiger partial charge is 0.234 e. The van der Waals surface area contributed by atoms with Crippen LogP contribution in [0.2, 0.25) is 10.0 Å². The Morgan fingerprint density at radius 1 is 0.935 bits per heavy atom. The fourth-order valence-electron chi connectivity index (χ4n) is 2.75. The average Bonchev–Trinajstić information content (AvgIpc) is 3.02. The van der Waals surface area contributed by atoms with Crippen LogP contribution in [0, 0.1) is 13.8 Å². The van der Waals surface area contributed by atoms with Gasteiger partial charge in [-0.15, -0.1) is 10.2 Å². The number of nitrogens with zero attached hydrogens (tertiary/aromatic N) is 3. The van der Waals surface area contributed by atoms with E-state index in [0.717, 1.165) is 16.8 Å². The Hall–Kier alpha value is -2.55. The van der Waals surface area contributed by atoms with Crippen molar-refractivity contribution in [2.24, 2.45) is 7.05 Å². The number of halogens is 2. The quantitative estimate of drug-likeness (QED) is 0.483. The van der Waals surface area contributed by atoms with E-state index in [0.29, 0.717) is 26.7 Å². The topological polar surface area (TPSA) is 88.9 Å². The molecule has 0 unspecified atom stereocenters. The normalized spacial score (nSPS) is 10.7. The highest BCUT2D eigenvalue weighted by Crippen LogP contribution is 2.23. The molecule has 1 aromatic heterocycles. The van der Waals surface area contributed by atoms with Gasteiger partial charge in [0.1, 0.15) is 5.82 Å². The molecule has 0 aliphatic carbocycles. The number of aromatic nitrogens is 3. The highest BCUT2D eigenvalue weighted by Gasteiger charge is 2.15. The molecular weight excluding hydrogens is 457 g/mol. The number of benzene rings is 2. The Morgan fingerprint density at radius 3 is 2.29 bits per heavy atom. The molecule has 1 heterocycles. The standard InChI is InChI=1S/C21H21Cl2N5O2S/c1-12-4-5-16(6-13(12)2)24-19(29)10-18-26-27-21(28(18)3)31-11-20(30)25-17-8-14(22)7-15(23)9-17/h4-9H,10-11H2,1-3H3,(H,24,29)(H,25,30). The summed E-state index contributed by atoms with van der Waals surface area (Å²) in [5, 5.41) is 15.2. The monoisotopic (exact) mass is 477 g/mol. The Bertz CT molecular complexity index is 1110. The van der Waals surface area contributed by atoms with E-state index in [2.05, 4.69) is 20.8 Å². The molecular formula is C21H21Cl2N5O2S. The molecule has 0 aliphatic rings. The van der Waals surface area contributed by atoms with E-state index in [9.17, 15) is 9.59 Å². The Labute approximate surface area is 194 Å². The number of hydrogen-bond donors (Lipinski definition) is 2. The number of carbonyl (C=O) groups is 2. The summed E-state index contributed by atoms with van der Waals surface area (Å²) >= 11 is 13.1. The SMILES string of the molecule is Cc1ccc(NC(=O)Cc2nnc(SCC(=O)Nc3cc(Cl)cc(Cl)c3)n2C)cc1C. The van der Waals surface area contributed by atoms with Crippen LogP contribution in [0.3, 0.4) is 0 Å². The molecule has 0 spiro atoms. The summed E-state index contributed by atoms with van der Waals surface area (Å²) in [7, 11) is 1.76. The molecule has 0 aliphatic heterocycles. The molecule has 2 amide bonds. The maximum Gasteiger partial charge on any atom is 0.234 e. The van der Waals surface area contributed by atoms with Crippen LogP contribution in [0.5, 0.6) is 0 Å². The lowest BCUT2D eigenvalue weighted by Crippen LogP contribution is -2.17. The first-order chi connectivity index (χ1) is 14.7. The third-order valence-electron chi connectivity index (χ3n) is 4.51. The molecule has 7 nitrogen and oxygen atoms in total. The van der Waals surface area contributed by atoms with Gasteiger partial charge in [0.2, 0.25) is 11.8 Å². The van der Waals surface area contributed by atoms with Crippen LogP contribution in [0.1, 0.15) is 17.0 Å². The van der Waals surface area contributed by atoms with Crippen molar-refractivity contribution in [2.75, 3.05) is 16.4 Å². The van der Waals surface area contributed by atoms with Crippen LogP contribution >= 0.6 is 35.0 Å². The van der Waals surface area contributed by atoms with Gasteiger partial charge in [-0.2, -0.15) is 0 Å². The molecule has 31 heavy (non-hydrogen) atoms. The zero-order chi connectivity index (χ0) is 22.5. The van der Waals surface area contributed by atoms with Gasteiger partial charge in [-0.05, 0) is 55.3 Å². The van der Waals surface area contributed by atoms with E-state index in [-0.39, 0.29) is 24.0 Å². The lowest BCUT2D eigenvalue weighted by atomic mass is 10.1. The van der Waals surface area contributed by atoms with Gasteiger partial charge in [0.25, 0.3) is 0 Å². The fourth-order valence-corrected chi connectivity index (χ4v) is 4.00. The van der Waals surface area contributed by atoms with Gasteiger partial charge in [-0.25, -0.2) is 0 Å². The van der Waals surface area contributed by atoms with Crippen molar-refractivity contribution in [3.05, 3.63) is 63.4 Å². The minimum atomic E-state index is -0.236. The van der Waals surface area contributed by atoms with Crippen molar-refractivity contribution in [3.8, 4) is 0 Å². The van der Waals surface area contributed by atoms with E-state index in [1.807, 2.05) is 32.0 Å². The van der Waals surface area contributed by atoms with Crippen molar-refractivity contribution < 1.29 is 9.59 Å². The predicted molar refractivity (Wildman–Crippen MR) is 125 cm³/mol. The molecule has 2 aromatic carbocycles. The molecule has 3 aromatic rings. The molecule has 0 saturated carbocycles. The zero-order valence-electron chi connectivity index (χ0n) is 17.2. The van der Waals surface area contributed by atoms with Gasteiger partial charge in [0, 0.05) is 28.5 Å². The number of anilines is 2. The van der Waals surface area contributed by atoms with Crippen LogP contribution in [-0.4, -0.2) is 32.3 Å². The maximum absolute atomic E-state index is 12.4. The van der Waals surface area contributed by atoms with Gasteiger partial charge < -0.3 is 15.2 Å². The largest absolute Gasteiger partial charge is 0.326 e. The van der Waals surface area contributed by atoms with E-state index in [1.54, 1.807) is 29.8 Å². The van der Waals surface area contributed by atoms with Crippen molar-refractivity contribution in [3.63, 3.8) is 0 Å². The first-order valence-corrected chi connectivity index (χ1v) is 11.1. The Balaban J connectivity index is 1.55. The summed E-state index contributed by atoms with van der Waals surface area (Å²) in [5.41, 5.74) is 3.52. The lowest BCUT2D eigenvalue weighted by molar-refractivity contribution is -0.116. The first-order valence-electron chi connectivity index (χ1n) is 9.35. The number of thioether (sulfide) groups is 1. The first kappa shape index (κ1) is 23.1. The van der Waals surface area contributed by atoms with E-state index in [1.165, 1.54) is 11.8 Å². The van der Waals surface area contributed by atoms with Crippen LogP contribution < -0.4 is 10.6 Å². The minimum Gasteiger partial charge on any atom is -0.326 e. The van der Waals surface area contributed by atoms with Gasteiger partial charge >= 0.3 is 0 Å². The van der Waals surface area contributed by atoms with Crippen LogP contribution in [0.15, 0.2) is 41.6 Å². The van der Waals surface area contributed by atoms with Crippen molar-refractivity contribution >= 4 is 58.2 Å². The van der Waals surface area contributed by atoms with Gasteiger partial charge in [0.15, 0.2) is 5.16 Å². The molecule has 2 N–H and O–H groups in total. The summed E-state index contributed by atoms with van der Waals surface area (Å²) in [4.78, 5) is 24.6. The summed E-state index contributed by atoms with van der Waals surface area (Å²) in [6.45, 7) is 4.01. The second-order valence-corrected chi connectivity index (χ2v) is 8.79. The number of aryl methyl sites for hydroxylation is 2. The Morgan fingerprint density at radius 2 is 1.61 bits per heavy atom. The maximum atomic E-state index is 12.4. The number of amides is 2. The highest BCUT2D eigenvalue weighted by atomic mass is 35.5. The third-order valence-corrected chi connectivity index (χ3v) is 5.97. The van der Waals surface area contributed by atoms with E-state index >= 15 is 0 Å². The Kier molecular flexibility index (Phi) is 7.59. The molecule has 0 radical (unpaired) electrons. The average molecular weight is 478 g/mol. The van der Waals surface area contributed by atoms with Crippen LogP contribution in [0.25, 0.3) is 0 Å². The molecule has 3 rings (SSSR count). The number of rotatable bonds is 7. The van der Waals surface area contributed by atoms with Crippen LogP contribution in [-0.2, 0) is 23.1 Å². The summed E-state index contributed by atoms with van der Waals surface area (Å²) in [5.74, 6) is 0.197. The number of carbonyl (C=O) groups excluding carboxylic acids is 2. The second-order valence-electron chi connectivity index (χ2n) is 6.98.